The van der Waals surface area contributed by atoms with Crippen LogP contribution >= 0.6 is 0 Å². The van der Waals surface area contributed by atoms with Gasteiger partial charge < -0.3 is 10.0 Å². The summed E-state index contributed by atoms with van der Waals surface area (Å²) < 4.78 is 0. The van der Waals surface area contributed by atoms with E-state index in [9.17, 15) is 19.5 Å². The minimum atomic E-state index is -1.28. The number of hydrogen-bond acceptors (Lipinski definition) is 5. The molecule has 3 aromatic rings. The van der Waals surface area contributed by atoms with E-state index in [4.69, 9.17) is 0 Å². The van der Waals surface area contributed by atoms with Gasteiger partial charge in [0.2, 0.25) is 17.7 Å². The van der Waals surface area contributed by atoms with Crippen LogP contribution in [0, 0.1) is 0 Å². The van der Waals surface area contributed by atoms with E-state index in [0.29, 0.717) is 12.1 Å². The van der Waals surface area contributed by atoms with Gasteiger partial charge in [0.15, 0.2) is 0 Å². The van der Waals surface area contributed by atoms with Crippen LogP contribution in [0.25, 0.3) is 0 Å². The molecule has 4 rings (SSSR count). The van der Waals surface area contributed by atoms with E-state index in [1.807, 2.05) is 36.4 Å². The Morgan fingerprint density at radius 3 is 2.24 bits per heavy atom. The van der Waals surface area contributed by atoms with Crippen molar-refractivity contribution in [3.8, 4) is 0 Å². The smallest absolute Gasteiger partial charge is 0.241 e. The largest absolute Gasteiger partial charge is 0.395 e. The maximum atomic E-state index is 13.8. The molecule has 7 nitrogen and oxygen atoms in total. The van der Waals surface area contributed by atoms with Gasteiger partial charge in [0.25, 0.3) is 0 Å². The van der Waals surface area contributed by atoms with Crippen molar-refractivity contribution in [2.24, 2.45) is 0 Å². The number of hydrogen-bond donors (Lipinski definition) is 1. The van der Waals surface area contributed by atoms with Crippen molar-refractivity contribution in [3.05, 3.63) is 102 Å². The van der Waals surface area contributed by atoms with Crippen LogP contribution in [0.4, 0.5) is 0 Å². The molecule has 3 amide bonds. The van der Waals surface area contributed by atoms with E-state index in [2.05, 4.69) is 4.98 Å². The van der Waals surface area contributed by atoms with Crippen LogP contribution < -0.4 is 0 Å². The number of imide groups is 1. The SMILES string of the molecule is O=C(C[C@@]1(c2ccccc2)CC(=O)N(Cc2ccncc2)C1=O)N(CCO)Cc1ccccc1. The molecule has 1 saturated heterocycles. The monoisotopic (exact) mass is 457 g/mol. The van der Waals surface area contributed by atoms with E-state index in [1.54, 1.807) is 53.7 Å². The number of nitrogens with zero attached hydrogens (tertiary/aromatic N) is 3. The van der Waals surface area contributed by atoms with Gasteiger partial charge in [0.1, 0.15) is 0 Å². The van der Waals surface area contributed by atoms with Gasteiger partial charge in [-0.05, 0) is 28.8 Å². The Balaban J connectivity index is 1.64. The fraction of sp³-hybridized carbons (Fsp3) is 0.259. The second-order valence-electron chi connectivity index (χ2n) is 8.47. The minimum Gasteiger partial charge on any atom is -0.395 e. The Kier molecular flexibility index (Phi) is 7.13. The number of likely N-dealkylation sites (tertiary alicyclic amines) is 1. The number of aliphatic hydroxyl groups is 1. The van der Waals surface area contributed by atoms with Crippen LogP contribution in [0.3, 0.4) is 0 Å². The predicted octanol–water partition coefficient (Wildman–Crippen LogP) is 2.69. The number of carbonyl (C=O) groups is 3. The van der Waals surface area contributed by atoms with Crippen LogP contribution in [-0.2, 0) is 32.9 Å². The van der Waals surface area contributed by atoms with E-state index >= 15 is 0 Å². The van der Waals surface area contributed by atoms with Gasteiger partial charge in [0.05, 0.1) is 18.6 Å². The summed E-state index contributed by atoms with van der Waals surface area (Å²) in [4.78, 5) is 47.1. The number of pyridine rings is 1. The average Bonchev–Trinajstić information content (AvgIpc) is 3.10. The maximum Gasteiger partial charge on any atom is 0.241 e. The lowest BCUT2D eigenvalue weighted by atomic mass is 9.75. The molecular weight excluding hydrogens is 430 g/mol. The highest BCUT2D eigenvalue weighted by Crippen LogP contribution is 2.41. The number of carbonyl (C=O) groups excluding carboxylic acids is 3. The molecular formula is C27H27N3O4. The standard InChI is InChI=1S/C27H27N3O4/c31-16-15-29(19-21-7-3-1-4-8-21)24(32)17-27(23-9-5-2-6-10-23)18-25(33)30(26(27)34)20-22-11-13-28-14-12-22/h1-14,31H,15-20H2/t27-/m0/s1. The second-order valence-corrected chi connectivity index (χ2v) is 8.47. The number of aliphatic hydroxyl groups excluding tert-OH is 1. The molecule has 2 aromatic carbocycles. The summed E-state index contributed by atoms with van der Waals surface area (Å²) in [6.07, 6.45) is 3.00. The van der Waals surface area contributed by atoms with Crippen LogP contribution in [-0.4, -0.2) is 50.8 Å². The zero-order valence-electron chi connectivity index (χ0n) is 18.8. The Morgan fingerprint density at radius 1 is 0.941 bits per heavy atom. The quantitative estimate of drug-likeness (QED) is 0.499. The van der Waals surface area contributed by atoms with Crippen molar-refractivity contribution in [1.82, 2.24) is 14.8 Å². The number of benzene rings is 2. The summed E-state index contributed by atoms with van der Waals surface area (Å²) in [5, 5.41) is 9.58. The average molecular weight is 458 g/mol. The van der Waals surface area contributed by atoms with Crippen molar-refractivity contribution in [1.29, 1.82) is 0 Å². The van der Waals surface area contributed by atoms with Gasteiger partial charge in [-0.15, -0.1) is 0 Å². The zero-order valence-corrected chi connectivity index (χ0v) is 18.8. The molecule has 1 aromatic heterocycles. The van der Waals surface area contributed by atoms with Gasteiger partial charge >= 0.3 is 0 Å². The lowest BCUT2D eigenvalue weighted by Gasteiger charge is -2.30. The van der Waals surface area contributed by atoms with Crippen molar-refractivity contribution >= 4 is 17.7 Å². The number of rotatable bonds is 9. The van der Waals surface area contributed by atoms with Gasteiger partial charge in [-0.2, -0.15) is 0 Å². The molecule has 34 heavy (non-hydrogen) atoms. The molecule has 1 aliphatic heterocycles. The highest BCUT2D eigenvalue weighted by molar-refractivity contribution is 6.10. The molecule has 2 heterocycles. The van der Waals surface area contributed by atoms with E-state index in [-0.39, 0.29) is 50.3 Å². The van der Waals surface area contributed by atoms with Crippen molar-refractivity contribution in [2.45, 2.75) is 31.3 Å². The molecule has 0 unspecified atom stereocenters. The number of aromatic nitrogens is 1. The summed E-state index contributed by atoms with van der Waals surface area (Å²) in [7, 11) is 0. The van der Waals surface area contributed by atoms with Crippen LogP contribution in [0.2, 0.25) is 0 Å². The molecule has 1 fully saturated rings. The van der Waals surface area contributed by atoms with Crippen LogP contribution in [0.5, 0.6) is 0 Å². The van der Waals surface area contributed by atoms with Gasteiger partial charge in [-0.3, -0.25) is 24.3 Å². The first kappa shape index (κ1) is 23.3. The highest BCUT2D eigenvalue weighted by Gasteiger charge is 2.54. The molecule has 0 saturated carbocycles. The topological polar surface area (TPSA) is 90.8 Å². The maximum absolute atomic E-state index is 13.8. The van der Waals surface area contributed by atoms with Crippen LogP contribution in [0.15, 0.2) is 85.2 Å². The molecule has 1 N–H and O–H groups in total. The van der Waals surface area contributed by atoms with Gasteiger partial charge in [0, 0.05) is 38.3 Å². The summed E-state index contributed by atoms with van der Waals surface area (Å²) in [5.74, 6) is -0.971. The Hall–Kier alpha value is -3.84. The minimum absolute atomic E-state index is 0.0784. The summed E-state index contributed by atoms with van der Waals surface area (Å²) >= 11 is 0. The van der Waals surface area contributed by atoms with Crippen molar-refractivity contribution < 1.29 is 19.5 Å². The third kappa shape index (κ3) is 4.89. The molecule has 174 valence electrons. The van der Waals surface area contributed by atoms with Crippen molar-refractivity contribution in [2.75, 3.05) is 13.2 Å². The molecule has 0 bridgehead atoms. The zero-order chi connectivity index (χ0) is 24.0. The molecule has 7 heteroatoms. The molecule has 0 spiro atoms. The first-order valence-electron chi connectivity index (χ1n) is 11.3. The lowest BCUT2D eigenvalue weighted by molar-refractivity contribution is -0.143. The third-order valence-electron chi connectivity index (χ3n) is 6.22. The normalized spacial score (nSPS) is 17.7. The second kappa shape index (κ2) is 10.4. The summed E-state index contributed by atoms with van der Waals surface area (Å²) in [6.45, 7) is 0.390. The predicted molar refractivity (Wildman–Crippen MR) is 126 cm³/mol. The Morgan fingerprint density at radius 2 is 1.59 bits per heavy atom. The van der Waals surface area contributed by atoms with Gasteiger partial charge in [-0.25, -0.2) is 0 Å². The van der Waals surface area contributed by atoms with Gasteiger partial charge in [-0.1, -0.05) is 60.7 Å². The fourth-order valence-electron chi connectivity index (χ4n) is 4.44. The van der Waals surface area contributed by atoms with Crippen molar-refractivity contribution in [3.63, 3.8) is 0 Å². The van der Waals surface area contributed by atoms with E-state index in [0.717, 1.165) is 11.1 Å². The molecule has 0 radical (unpaired) electrons. The van der Waals surface area contributed by atoms with Crippen LogP contribution in [0.1, 0.15) is 29.5 Å². The fourth-order valence-corrected chi connectivity index (χ4v) is 4.44. The molecule has 1 atom stereocenters. The highest BCUT2D eigenvalue weighted by atomic mass is 16.3. The first-order chi connectivity index (χ1) is 16.5. The molecule has 1 aliphatic rings. The summed E-state index contributed by atoms with van der Waals surface area (Å²) in [6, 6.07) is 22.0. The van der Waals surface area contributed by atoms with E-state index in [1.165, 1.54) is 4.90 Å². The van der Waals surface area contributed by atoms with E-state index < -0.39 is 5.41 Å². The Bertz CT molecular complexity index is 1140. The number of amides is 3. The Labute approximate surface area is 198 Å². The summed E-state index contributed by atoms with van der Waals surface area (Å²) in [5.41, 5.74) is 1.07. The lowest BCUT2D eigenvalue weighted by Crippen LogP contribution is -2.43. The third-order valence-corrected chi connectivity index (χ3v) is 6.22. The molecule has 0 aliphatic carbocycles. The first-order valence-corrected chi connectivity index (χ1v) is 11.3.